The van der Waals surface area contributed by atoms with Gasteiger partial charge < -0.3 is 9.64 Å². The average molecular weight is 270 g/mol. The summed E-state index contributed by atoms with van der Waals surface area (Å²) in [4.78, 5) is 13.7. The van der Waals surface area contributed by atoms with Crippen LogP contribution in [0.3, 0.4) is 0 Å². The number of carbonyl (C=O) groups excluding carboxylic acids is 1. The van der Waals surface area contributed by atoms with Gasteiger partial charge in [0, 0.05) is 11.6 Å². The van der Waals surface area contributed by atoms with E-state index in [1.165, 1.54) is 6.92 Å². The van der Waals surface area contributed by atoms with Crippen molar-refractivity contribution in [3.05, 3.63) is 28.8 Å². The Balaban J connectivity index is 2.64. The van der Waals surface area contributed by atoms with Crippen molar-refractivity contribution in [1.29, 1.82) is 0 Å². The van der Waals surface area contributed by atoms with Crippen LogP contribution in [0, 0.1) is 0 Å². The van der Waals surface area contributed by atoms with Crippen LogP contribution in [0.2, 0.25) is 5.02 Å². The fourth-order valence-electron chi connectivity index (χ4n) is 1.73. The van der Waals surface area contributed by atoms with Crippen molar-refractivity contribution in [3.63, 3.8) is 0 Å². The summed E-state index contributed by atoms with van der Waals surface area (Å²) in [5.41, 5.74) is 0.544. The molecule has 0 saturated carbocycles. The van der Waals surface area contributed by atoms with Gasteiger partial charge in [0.1, 0.15) is 12.4 Å². The lowest BCUT2D eigenvalue weighted by molar-refractivity contribution is 0.101. The van der Waals surface area contributed by atoms with Crippen LogP contribution < -0.4 is 4.74 Å². The number of benzene rings is 1. The molecule has 0 amide bonds. The van der Waals surface area contributed by atoms with E-state index in [4.69, 9.17) is 16.3 Å². The number of halogens is 1. The Morgan fingerprint density at radius 1 is 1.33 bits per heavy atom. The number of ketones is 1. The van der Waals surface area contributed by atoms with Crippen LogP contribution >= 0.6 is 11.6 Å². The largest absolute Gasteiger partial charge is 0.491 e. The molecule has 18 heavy (non-hydrogen) atoms. The smallest absolute Gasteiger partial charge is 0.163 e. The molecule has 4 heteroatoms. The first kappa shape index (κ1) is 15.0. The predicted octanol–water partition coefficient (Wildman–Crippen LogP) is 3.26. The van der Waals surface area contributed by atoms with Gasteiger partial charge in [0.05, 0.1) is 5.56 Å². The molecule has 3 nitrogen and oxygen atoms in total. The zero-order valence-electron chi connectivity index (χ0n) is 11.2. The molecule has 0 atom stereocenters. The number of ether oxygens (including phenoxy) is 1. The van der Waals surface area contributed by atoms with E-state index in [1.54, 1.807) is 18.2 Å². The molecule has 1 rings (SSSR count). The predicted molar refractivity (Wildman–Crippen MR) is 74.7 cm³/mol. The molecular weight excluding hydrogens is 250 g/mol. The molecule has 0 unspecified atom stereocenters. The normalized spacial score (nSPS) is 10.7. The first-order valence-corrected chi connectivity index (χ1v) is 6.61. The molecule has 0 fully saturated rings. The van der Waals surface area contributed by atoms with Crippen LogP contribution in [0.4, 0.5) is 0 Å². The number of nitrogens with zero attached hydrogens (tertiary/aromatic N) is 1. The molecule has 0 bridgehead atoms. The van der Waals surface area contributed by atoms with E-state index in [2.05, 4.69) is 18.7 Å². The van der Waals surface area contributed by atoms with Gasteiger partial charge in [-0.2, -0.15) is 0 Å². The van der Waals surface area contributed by atoms with Crippen molar-refractivity contribution in [2.75, 3.05) is 26.2 Å². The molecule has 0 aromatic heterocycles. The molecule has 0 saturated heterocycles. The fraction of sp³-hybridized carbons (Fsp3) is 0.500. The van der Waals surface area contributed by atoms with Crippen LogP contribution in [0.15, 0.2) is 18.2 Å². The first-order valence-electron chi connectivity index (χ1n) is 6.24. The third-order valence-corrected chi connectivity index (χ3v) is 3.12. The highest BCUT2D eigenvalue weighted by Gasteiger charge is 2.09. The van der Waals surface area contributed by atoms with E-state index in [1.807, 2.05) is 0 Å². The second-order valence-electron chi connectivity index (χ2n) is 4.07. The van der Waals surface area contributed by atoms with Crippen LogP contribution in [0.5, 0.6) is 5.75 Å². The lowest BCUT2D eigenvalue weighted by Crippen LogP contribution is -2.28. The van der Waals surface area contributed by atoms with Gasteiger partial charge in [-0.15, -0.1) is 0 Å². The van der Waals surface area contributed by atoms with Gasteiger partial charge in [0.25, 0.3) is 0 Å². The van der Waals surface area contributed by atoms with E-state index < -0.39 is 0 Å². The van der Waals surface area contributed by atoms with Crippen LogP contribution in [-0.2, 0) is 0 Å². The van der Waals surface area contributed by atoms with E-state index in [0.717, 1.165) is 19.6 Å². The minimum absolute atomic E-state index is 0.0321. The highest BCUT2D eigenvalue weighted by atomic mass is 35.5. The molecule has 0 aliphatic rings. The van der Waals surface area contributed by atoms with Gasteiger partial charge in [-0.1, -0.05) is 25.4 Å². The van der Waals surface area contributed by atoms with Gasteiger partial charge in [0.2, 0.25) is 0 Å². The summed E-state index contributed by atoms with van der Waals surface area (Å²) in [5, 5.41) is 0.552. The Morgan fingerprint density at radius 2 is 2.00 bits per heavy atom. The first-order chi connectivity index (χ1) is 8.58. The summed E-state index contributed by atoms with van der Waals surface area (Å²) >= 11 is 5.87. The van der Waals surface area contributed by atoms with Gasteiger partial charge >= 0.3 is 0 Å². The van der Waals surface area contributed by atoms with E-state index in [-0.39, 0.29) is 5.78 Å². The quantitative estimate of drug-likeness (QED) is 0.712. The number of likely N-dealkylation sites (N-methyl/N-ethyl adjacent to an activating group) is 1. The molecule has 0 radical (unpaired) electrons. The lowest BCUT2D eigenvalue weighted by Gasteiger charge is -2.18. The summed E-state index contributed by atoms with van der Waals surface area (Å²) in [7, 11) is 0. The van der Waals surface area contributed by atoms with Crippen molar-refractivity contribution in [2.45, 2.75) is 20.8 Å². The molecule has 1 aromatic carbocycles. The molecule has 100 valence electrons. The van der Waals surface area contributed by atoms with Crippen molar-refractivity contribution in [2.24, 2.45) is 0 Å². The zero-order chi connectivity index (χ0) is 13.5. The Morgan fingerprint density at radius 3 is 2.56 bits per heavy atom. The number of carbonyl (C=O) groups is 1. The number of hydrogen-bond acceptors (Lipinski definition) is 3. The summed E-state index contributed by atoms with van der Waals surface area (Å²) in [6.07, 6.45) is 0. The second kappa shape index (κ2) is 7.39. The molecule has 0 heterocycles. The number of hydrogen-bond donors (Lipinski definition) is 0. The minimum Gasteiger partial charge on any atom is -0.491 e. The molecular formula is C14H20ClNO2. The Kier molecular flexibility index (Phi) is 6.16. The fourth-order valence-corrected chi connectivity index (χ4v) is 1.90. The maximum absolute atomic E-state index is 11.5. The van der Waals surface area contributed by atoms with Crippen molar-refractivity contribution in [1.82, 2.24) is 4.90 Å². The topological polar surface area (TPSA) is 29.5 Å². The van der Waals surface area contributed by atoms with Crippen molar-refractivity contribution >= 4 is 17.4 Å². The Labute approximate surface area is 114 Å². The third-order valence-electron chi connectivity index (χ3n) is 2.88. The van der Waals surface area contributed by atoms with Gasteiger partial charge in [-0.05, 0) is 38.2 Å². The molecule has 0 N–H and O–H groups in total. The lowest BCUT2D eigenvalue weighted by atomic mass is 10.1. The average Bonchev–Trinajstić information content (AvgIpc) is 2.36. The maximum Gasteiger partial charge on any atom is 0.163 e. The van der Waals surface area contributed by atoms with Crippen LogP contribution in [0.25, 0.3) is 0 Å². The Bertz CT molecular complexity index is 403. The van der Waals surface area contributed by atoms with E-state index >= 15 is 0 Å². The standard InChI is InChI=1S/C14H20ClNO2/c1-4-16(5-2)8-9-18-14-7-6-12(15)10-13(14)11(3)17/h6-7,10H,4-5,8-9H2,1-3H3. The van der Waals surface area contributed by atoms with E-state index in [9.17, 15) is 4.79 Å². The highest BCUT2D eigenvalue weighted by molar-refractivity contribution is 6.31. The van der Waals surface area contributed by atoms with Gasteiger partial charge in [-0.3, -0.25) is 4.79 Å². The zero-order valence-corrected chi connectivity index (χ0v) is 12.0. The van der Waals surface area contributed by atoms with Crippen LogP contribution in [-0.4, -0.2) is 36.9 Å². The summed E-state index contributed by atoms with van der Waals surface area (Å²) in [6, 6.07) is 5.14. The maximum atomic E-state index is 11.5. The number of rotatable bonds is 7. The number of Topliss-reactive ketones (excluding diaryl/α,β-unsaturated/α-hetero) is 1. The van der Waals surface area contributed by atoms with Crippen LogP contribution in [0.1, 0.15) is 31.1 Å². The highest BCUT2D eigenvalue weighted by Crippen LogP contribution is 2.23. The molecule has 0 aliphatic carbocycles. The van der Waals surface area contributed by atoms with Crippen molar-refractivity contribution in [3.8, 4) is 5.75 Å². The summed E-state index contributed by atoms with van der Waals surface area (Å²) < 4.78 is 5.67. The minimum atomic E-state index is -0.0321. The summed E-state index contributed by atoms with van der Waals surface area (Å²) in [6.45, 7) is 9.18. The monoisotopic (exact) mass is 269 g/mol. The summed E-state index contributed by atoms with van der Waals surface area (Å²) in [5.74, 6) is 0.578. The van der Waals surface area contributed by atoms with E-state index in [0.29, 0.717) is 22.9 Å². The SMILES string of the molecule is CCN(CC)CCOc1ccc(Cl)cc1C(C)=O. The third kappa shape index (κ3) is 4.31. The van der Waals surface area contributed by atoms with Crippen molar-refractivity contribution < 1.29 is 9.53 Å². The molecule has 0 spiro atoms. The van der Waals surface area contributed by atoms with Gasteiger partial charge in [0.15, 0.2) is 5.78 Å². The molecule has 0 aliphatic heterocycles. The van der Waals surface area contributed by atoms with Gasteiger partial charge in [-0.25, -0.2) is 0 Å². The Hall–Kier alpha value is -1.06. The second-order valence-corrected chi connectivity index (χ2v) is 4.51. The molecule has 1 aromatic rings.